The van der Waals surface area contributed by atoms with Crippen molar-refractivity contribution in [3.8, 4) is 0 Å². The normalized spacial score (nSPS) is 15.3. The van der Waals surface area contributed by atoms with E-state index >= 15 is 0 Å². The molecule has 0 saturated carbocycles. The molecule has 0 aliphatic carbocycles. The van der Waals surface area contributed by atoms with Crippen molar-refractivity contribution < 1.29 is 14.1 Å². The fourth-order valence-electron chi connectivity index (χ4n) is 2.82. The van der Waals surface area contributed by atoms with Gasteiger partial charge in [0.05, 0.1) is 11.9 Å². The van der Waals surface area contributed by atoms with E-state index in [9.17, 15) is 4.79 Å². The lowest BCUT2D eigenvalue weighted by Gasteiger charge is -2.17. The number of cyclic esters (lactones) is 1. The number of hydrogen-bond acceptors (Lipinski definition) is 5. The molecule has 0 radical (unpaired) electrons. The molecular formula is C22H26N5O2+. The third-order valence-electron chi connectivity index (χ3n) is 4.34. The fourth-order valence-corrected chi connectivity index (χ4v) is 2.82. The maximum Gasteiger partial charge on any atom is 0.365 e. The number of esters is 1. The molecule has 1 aromatic heterocycles. The fraction of sp³-hybridized carbons (Fsp3) is 0.273. The summed E-state index contributed by atoms with van der Waals surface area (Å²) in [5.74, 6) is 0.667. The van der Waals surface area contributed by atoms with Gasteiger partial charge in [0, 0.05) is 39.8 Å². The van der Waals surface area contributed by atoms with E-state index in [1.54, 1.807) is 6.34 Å². The summed E-state index contributed by atoms with van der Waals surface area (Å²) in [5.41, 5.74) is 2.93. The van der Waals surface area contributed by atoms with Crippen LogP contribution in [0.3, 0.4) is 0 Å². The smallest absolute Gasteiger partial charge is 0.365 e. The van der Waals surface area contributed by atoms with Crippen LogP contribution in [0.5, 0.6) is 0 Å². The Morgan fingerprint density at radius 2 is 1.90 bits per heavy atom. The van der Waals surface area contributed by atoms with E-state index in [-0.39, 0.29) is 0 Å². The second-order valence-electron chi connectivity index (χ2n) is 7.26. The van der Waals surface area contributed by atoms with Crippen molar-refractivity contribution in [2.75, 3.05) is 28.2 Å². The summed E-state index contributed by atoms with van der Waals surface area (Å²) in [4.78, 5) is 25.4. The standard InChI is InChI=1S/C22H26N5O2/c1-16-11-12-27(19(13-16)23-15-25(2)3)14-18(26(4)5)20-22(28)29-21(24-20)17-9-7-6-8-10-17/h6-13,15H,14H2,1-5H3/q+1/b20-18-. The molecule has 0 fully saturated rings. The largest absolute Gasteiger partial charge is 0.402 e. The summed E-state index contributed by atoms with van der Waals surface area (Å²) in [7, 11) is 7.63. The summed E-state index contributed by atoms with van der Waals surface area (Å²) < 4.78 is 7.42. The zero-order valence-corrected chi connectivity index (χ0v) is 17.5. The van der Waals surface area contributed by atoms with Crippen molar-refractivity contribution in [3.05, 3.63) is 71.2 Å². The quantitative estimate of drug-likeness (QED) is 0.249. The molecule has 3 rings (SSSR count). The van der Waals surface area contributed by atoms with Crippen LogP contribution in [-0.4, -0.2) is 56.2 Å². The van der Waals surface area contributed by atoms with Gasteiger partial charge in [0.15, 0.2) is 5.70 Å². The van der Waals surface area contributed by atoms with Gasteiger partial charge in [0.1, 0.15) is 6.54 Å². The summed E-state index contributed by atoms with van der Waals surface area (Å²) in [5, 5.41) is 0. The number of aryl methyl sites for hydroxylation is 1. The molecule has 1 aliphatic rings. The number of likely N-dealkylation sites (N-methyl/N-ethyl adjacent to an activating group) is 1. The molecule has 0 bridgehead atoms. The molecule has 0 atom stereocenters. The lowest BCUT2D eigenvalue weighted by molar-refractivity contribution is -0.677. The van der Waals surface area contributed by atoms with Crippen molar-refractivity contribution in [2.24, 2.45) is 9.98 Å². The predicted molar refractivity (Wildman–Crippen MR) is 113 cm³/mol. The van der Waals surface area contributed by atoms with Gasteiger partial charge < -0.3 is 14.5 Å². The Bertz CT molecular complexity index is 992. The van der Waals surface area contributed by atoms with Crippen LogP contribution in [0.1, 0.15) is 11.1 Å². The summed E-state index contributed by atoms with van der Waals surface area (Å²) >= 11 is 0. The van der Waals surface area contributed by atoms with Crippen molar-refractivity contribution >= 4 is 24.0 Å². The highest BCUT2D eigenvalue weighted by atomic mass is 16.6. The van der Waals surface area contributed by atoms with E-state index < -0.39 is 5.97 Å². The Kier molecular flexibility index (Phi) is 6.07. The topological polar surface area (TPSA) is 61.4 Å². The highest BCUT2D eigenvalue weighted by molar-refractivity contribution is 6.11. The van der Waals surface area contributed by atoms with Gasteiger partial charge in [0.25, 0.3) is 0 Å². The van der Waals surface area contributed by atoms with E-state index in [4.69, 9.17) is 4.74 Å². The number of allylic oxidation sites excluding steroid dienone is 1. The highest BCUT2D eigenvalue weighted by Crippen LogP contribution is 2.21. The Morgan fingerprint density at radius 1 is 1.17 bits per heavy atom. The molecule has 7 nitrogen and oxygen atoms in total. The van der Waals surface area contributed by atoms with Gasteiger partial charge in [-0.1, -0.05) is 18.2 Å². The predicted octanol–water partition coefficient (Wildman–Crippen LogP) is 2.28. The molecule has 7 heteroatoms. The summed E-state index contributed by atoms with van der Waals surface area (Å²) in [6.45, 7) is 2.46. The molecule has 150 valence electrons. The van der Waals surface area contributed by atoms with E-state index in [1.807, 2.05) is 98.1 Å². The average Bonchev–Trinajstić information content (AvgIpc) is 3.07. The molecule has 1 aliphatic heterocycles. The first kappa shape index (κ1) is 20.3. The van der Waals surface area contributed by atoms with Crippen LogP contribution in [-0.2, 0) is 16.1 Å². The lowest BCUT2D eigenvalue weighted by atomic mass is 10.2. The Morgan fingerprint density at radius 3 is 2.55 bits per heavy atom. The number of nitrogens with zero attached hydrogens (tertiary/aromatic N) is 5. The number of carbonyl (C=O) groups excluding carboxylic acids is 1. The van der Waals surface area contributed by atoms with Crippen LogP contribution in [0.25, 0.3) is 0 Å². The van der Waals surface area contributed by atoms with Gasteiger partial charge in [-0.2, -0.15) is 0 Å². The number of aliphatic imine (C=N–C) groups is 2. The van der Waals surface area contributed by atoms with Crippen LogP contribution in [0.4, 0.5) is 5.82 Å². The van der Waals surface area contributed by atoms with Crippen molar-refractivity contribution in [3.63, 3.8) is 0 Å². The van der Waals surface area contributed by atoms with E-state index in [2.05, 4.69) is 9.98 Å². The maximum absolute atomic E-state index is 12.6. The molecule has 0 unspecified atom stereocenters. The first-order valence-corrected chi connectivity index (χ1v) is 9.32. The molecule has 0 amide bonds. The molecule has 29 heavy (non-hydrogen) atoms. The molecule has 2 heterocycles. The minimum atomic E-state index is -0.446. The SMILES string of the molecule is Cc1cc[n+](C/C(=C2/N=C(c3ccccc3)OC2=O)N(C)C)c(N=CN(C)C)c1. The monoisotopic (exact) mass is 392 g/mol. The first-order valence-electron chi connectivity index (χ1n) is 9.32. The lowest BCUT2D eigenvalue weighted by Crippen LogP contribution is -2.38. The van der Waals surface area contributed by atoms with Gasteiger partial charge >= 0.3 is 11.8 Å². The van der Waals surface area contributed by atoms with Crippen molar-refractivity contribution in [1.29, 1.82) is 0 Å². The van der Waals surface area contributed by atoms with Gasteiger partial charge in [0.2, 0.25) is 12.2 Å². The Labute approximate surface area is 171 Å². The molecule has 0 N–H and O–H groups in total. The number of pyridine rings is 1. The third-order valence-corrected chi connectivity index (χ3v) is 4.34. The molecule has 0 saturated heterocycles. The van der Waals surface area contributed by atoms with Crippen LogP contribution < -0.4 is 4.57 Å². The summed E-state index contributed by atoms with van der Waals surface area (Å²) in [6, 6.07) is 13.4. The Hall–Kier alpha value is -3.48. The number of aromatic nitrogens is 1. The minimum absolute atomic E-state index is 0.310. The van der Waals surface area contributed by atoms with Crippen LogP contribution >= 0.6 is 0 Å². The summed E-state index contributed by atoms with van der Waals surface area (Å²) in [6.07, 6.45) is 3.72. The minimum Gasteiger partial charge on any atom is -0.402 e. The second kappa shape index (κ2) is 8.68. The number of rotatable bonds is 6. The second-order valence-corrected chi connectivity index (χ2v) is 7.26. The molecular weight excluding hydrogens is 366 g/mol. The average molecular weight is 392 g/mol. The first-order chi connectivity index (χ1) is 13.8. The van der Waals surface area contributed by atoms with E-state index in [0.717, 1.165) is 22.6 Å². The van der Waals surface area contributed by atoms with Gasteiger partial charge in [-0.25, -0.2) is 14.4 Å². The zero-order valence-electron chi connectivity index (χ0n) is 17.5. The number of ether oxygens (including phenoxy) is 1. The molecule has 2 aromatic rings. The zero-order chi connectivity index (χ0) is 21.0. The van der Waals surface area contributed by atoms with Gasteiger partial charge in [-0.3, -0.25) is 0 Å². The van der Waals surface area contributed by atoms with Crippen LogP contribution in [0.2, 0.25) is 0 Å². The molecule has 0 spiro atoms. The highest BCUT2D eigenvalue weighted by Gasteiger charge is 2.29. The third kappa shape index (κ3) is 4.87. The van der Waals surface area contributed by atoms with Gasteiger partial charge in [-0.15, -0.1) is 0 Å². The maximum atomic E-state index is 12.6. The molecule has 1 aromatic carbocycles. The number of benzene rings is 1. The van der Waals surface area contributed by atoms with Crippen molar-refractivity contribution in [2.45, 2.75) is 13.5 Å². The number of hydrogen-bond donors (Lipinski definition) is 0. The Balaban J connectivity index is 2.02. The van der Waals surface area contributed by atoms with Crippen LogP contribution in [0, 0.1) is 6.92 Å². The van der Waals surface area contributed by atoms with Gasteiger partial charge in [-0.05, 0) is 35.7 Å². The van der Waals surface area contributed by atoms with Crippen LogP contribution in [0.15, 0.2) is 70.0 Å². The number of carbonyl (C=O) groups is 1. The van der Waals surface area contributed by atoms with E-state index in [1.165, 1.54) is 0 Å². The van der Waals surface area contributed by atoms with E-state index in [0.29, 0.717) is 18.1 Å². The van der Waals surface area contributed by atoms with Crippen molar-refractivity contribution in [1.82, 2.24) is 9.80 Å².